The van der Waals surface area contributed by atoms with Crippen LogP contribution in [0, 0.1) is 0 Å². The van der Waals surface area contributed by atoms with Crippen LogP contribution in [0.2, 0.25) is 0 Å². The minimum Gasteiger partial charge on any atom is -0.476 e. The molecule has 1 heterocycles. The molecule has 0 atom stereocenters. The van der Waals surface area contributed by atoms with Crippen LogP contribution in [0.4, 0.5) is 9.93 Å². The fourth-order valence-electron chi connectivity index (χ4n) is 1.39. The molecule has 0 saturated heterocycles. The lowest BCUT2D eigenvalue weighted by Crippen LogP contribution is -2.33. The molecule has 0 radical (unpaired) electrons. The van der Waals surface area contributed by atoms with Gasteiger partial charge in [0.15, 0.2) is 10.8 Å². The third-order valence-corrected chi connectivity index (χ3v) is 3.19. The monoisotopic (exact) mass is 268 g/mol. The van der Waals surface area contributed by atoms with E-state index in [1.807, 2.05) is 0 Å². The maximum Gasteiger partial charge on any atom is 0.416 e. The van der Waals surface area contributed by atoms with Crippen LogP contribution in [-0.4, -0.2) is 34.8 Å². The number of thiazole rings is 1. The van der Waals surface area contributed by atoms with Gasteiger partial charge in [0, 0.05) is 11.4 Å². The molecule has 1 saturated carbocycles. The quantitative estimate of drug-likeness (QED) is 0.827. The molecule has 2 rings (SSSR count). The first-order chi connectivity index (χ1) is 8.63. The number of hydrogen-bond acceptors (Lipinski definition) is 5. The summed E-state index contributed by atoms with van der Waals surface area (Å²) in [6.45, 7) is 3.59. The topological polar surface area (TPSA) is 79.7 Å². The third-order valence-electron chi connectivity index (χ3n) is 2.35. The summed E-state index contributed by atoms with van der Waals surface area (Å²) in [6.07, 6.45) is 2.73. The van der Waals surface area contributed by atoms with Gasteiger partial charge in [0.25, 0.3) is 0 Å². The Hall–Kier alpha value is -1.89. The second kappa shape index (κ2) is 5.18. The van der Waals surface area contributed by atoms with Crippen LogP contribution < -0.4 is 4.90 Å². The fraction of sp³-hybridized carbons (Fsp3) is 0.364. The van der Waals surface area contributed by atoms with Gasteiger partial charge in [-0.1, -0.05) is 12.7 Å². The lowest BCUT2D eigenvalue weighted by atomic mass is 10.5. The Morgan fingerprint density at radius 2 is 2.39 bits per heavy atom. The molecule has 0 bridgehead atoms. The average Bonchev–Trinajstić information content (AvgIpc) is 3.03. The molecular formula is C11H12N2O4S. The van der Waals surface area contributed by atoms with Gasteiger partial charge in [-0.25, -0.2) is 19.5 Å². The Bertz CT molecular complexity index is 481. The Kier molecular flexibility index (Phi) is 3.61. The second-order valence-electron chi connectivity index (χ2n) is 3.79. The maximum atomic E-state index is 11.8. The first kappa shape index (κ1) is 12.6. The lowest BCUT2D eigenvalue weighted by Gasteiger charge is -2.18. The van der Waals surface area contributed by atoms with E-state index in [2.05, 4.69) is 11.6 Å². The molecule has 0 unspecified atom stereocenters. The number of anilines is 1. The van der Waals surface area contributed by atoms with E-state index < -0.39 is 12.1 Å². The Morgan fingerprint density at radius 3 is 2.89 bits per heavy atom. The van der Waals surface area contributed by atoms with Gasteiger partial charge >= 0.3 is 12.1 Å². The molecule has 6 nitrogen and oxygen atoms in total. The number of carbonyl (C=O) groups is 2. The van der Waals surface area contributed by atoms with E-state index in [1.54, 1.807) is 0 Å². The summed E-state index contributed by atoms with van der Waals surface area (Å²) >= 11 is 1.12. The van der Waals surface area contributed by atoms with Crippen LogP contribution in [0.3, 0.4) is 0 Å². The van der Waals surface area contributed by atoms with Crippen molar-refractivity contribution in [2.75, 3.05) is 11.5 Å². The van der Waals surface area contributed by atoms with Crippen molar-refractivity contribution in [3.05, 3.63) is 23.7 Å². The average molecular weight is 268 g/mol. The minimum absolute atomic E-state index is 0.0582. The van der Waals surface area contributed by atoms with Crippen LogP contribution in [-0.2, 0) is 4.74 Å². The van der Waals surface area contributed by atoms with Crippen molar-refractivity contribution in [3.63, 3.8) is 0 Å². The van der Waals surface area contributed by atoms with E-state index in [0.717, 1.165) is 24.2 Å². The number of nitrogens with zero attached hydrogens (tertiary/aromatic N) is 2. The van der Waals surface area contributed by atoms with E-state index in [-0.39, 0.29) is 18.3 Å². The van der Waals surface area contributed by atoms with Gasteiger partial charge in [-0.15, -0.1) is 11.3 Å². The largest absolute Gasteiger partial charge is 0.476 e. The summed E-state index contributed by atoms with van der Waals surface area (Å²) in [5, 5.41) is 10.6. The highest BCUT2D eigenvalue weighted by Crippen LogP contribution is 2.34. The summed E-state index contributed by atoms with van der Waals surface area (Å²) in [5.74, 6) is -1.10. The van der Waals surface area contributed by atoms with E-state index >= 15 is 0 Å². The third kappa shape index (κ3) is 2.67. The number of amides is 1. The van der Waals surface area contributed by atoms with Crippen LogP contribution in [0.15, 0.2) is 18.0 Å². The molecule has 1 aromatic heterocycles. The van der Waals surface area contributed by atoms with Gasteiger partial charge in [0.1, 0.15) is 6.61 Å². The van der Waals surface area contributed by atoms with Gasteiger partial charge in [-0.05, 0) is 12.8 Å². The predicted molar refractivity (Wildman–Crippen MR) is 66.1 cm³/mol. The smallest absolute Gasteiger partial charge is 0.416 e. The first-order valence-electron chi connectivity index (χ1n) is 5.39. The summed E-state index contributed by atoms with van der Waals surface area (Å²) in [6, 6.07) is 0.0649. The molecular weight excluding hydrogens is 256 g/mol. The lowest BCUT2D eigenvalue weighted by molar-refractivity contribution is 0.0691. The van der Waals surface area contributed by atoms with Crippen molar-refractivity contribution in [3.8, 4) is 0 Å². The molecule has 0 aromatic carbocycles. The number of aromatic carboxylic acids is 1. The SMILES string of the molecule is C=CCOC(=O)N(c1nc(C(=O)O)cs1)C1CC1. The normalized spacial score (nSPS) is 14.0. The highest BCUT2D eigenvalue weighted by atomic mass is 32.1. The Labute approximate surface area is 108 Å². The molecule has 0 aliphatic heterocycles. The molecule has 1 fully saturated rings. The highest BCUT2D eigenvalue weighted by Gasteiger charge is 2.36. The molecule has 1 amide bonds. The highest BCUT2D eigenvalue weighted by molar-refractivity contribution is 7.14. The maximum absolute atomic E-state index is 11.8. The van der Waals surface area contributed by atoms with Crippen molar-refractivity contribution >= 4 is 28.5 Å². The van der Waals surface area contributed by atoms with Crippen LogP contribution >= 0.6 is 11.3 Å². The summed E-state index contributed by atoms with van der Waals surface area (Å²) in [5.41, 5.74) is -0.0582. The molecule has 1 N–H and O–H groups in total. The number of carboxylic acid groups (broad SMARTS) is 1. The molecule has 7 heteroatoms. The zero-order valence-electron chi connectivity index (χ0n) is 9.54. The minimum atomic E-state index is -1.10. The van der Waals surface area contributed by atoms with Gasteiger partial charge < -0.3 is 9.84 Å². The van der Waals surface area contributed by atoms with E-state index in [9.17, 15) is 9.59 Å². The van der Waals surface area contributed by atoms with E-state index in [1.165, 1.54) is 16.4 Å². The number of ether oxygens (including phenoxy) is 1. The molecule has 1 aliphatic carbocycles. The van der Waals surface area contributed by atoms with Crippen LogP contribution in [0.5, 0.6) is 0 Å². The van der Waals surface area contributed by atoms with Crippen molar-refractivity contribution in [1.82, 2.24) is 4.98 Å². The second-order valence-corrected chi connectivity index (χ2v) is 4.62. The van der Waals surface area contributed by atoms with Gasteiger partial charge in [-0.2, -0.15) is 0 Å². The summed E-state index contributed by atoms with van der Waals surface area (Å²) < 4.78 is 4.97. The Morgan fingerprint density at radius 1 is 1.67 bits per heavy atom. The molecule has 0 spiro atoms. The van der Waals surface area contributed by atoms with E-state index in [0.29, 0.717) is 5.13 Å². The Balaban J connectivity index is 2.15. The van der Waals surface area contributed by atoms with Gasteiger partial charge in [-0.3, -0.25) is 0 Å². The first-order valence-corrected chi connectivity index (χ1v) is 6.27. The summed E-state index contributed by atoms with van der Waals surface area (Å²) in [4.78, 5) is 27.9. The van der Waals surface area contributed by atoms with Crippen LogP contribution in [0.1, 0.15) is 23.3 Å². The van der Waals surface area contributed by atoms with Gasteiger partial charge in [0.2, 0.25) is 0 Å². The molecule has 1 aliphatic rings. The number of aromatic nitrogens is 1. The van der Waals surface area contributed by atoms with E-state index in [4.69, 9.17) is 9.84 Å². The number of rotatable bonds is 5. The molecule has 18 heavy (non-hydrogen) atoms. The fourth-order valence-corrected chi connectivity index (χ4v) is 2.25. The predicted octanol–water partition coefficient (Wildman–Crippen LogP) is 2.13. The standard InChI is InChI=1S/C11H12N2O4S/c1-2-5-17-11(16)13(7-3-4-7)10-12-8(6-18-10)9(14)15/h2,6-7H,1,3-5H2,(H,14,15). The van der Waals surface area contributed by atoms with Crippen molar-refractivity contribution < 1.29 is 19.4 Å². The summed E-state index contributed by atoms with van der Waals surface area (Å²) in [7, 11) is 0. The number of carbonyl (C=O) groups excluding carboxylic acids is 1. The number of hydrogen-bond donors (Lipinski definition) is 1. The van der Waals surface area contributed by atoms with Gasteiger partial charge in [0.05, 0.1) is 0 Å². The zero-order valence-corrected chi connectivity index (χ0v) is 10.4. The van der Waals surface area contributed by atoms with Crippen molar-refractivity contribution in [2.45, 2.75) is 18.9 Å². The number of carboxylic acids is 1. The van der Waals surface area contributed by atoms with Crippen LogP contribution in [0.25, 0.3) is 0 Å². The van der Waals surface area contributed by atoms with Crippen molar-refractivity contribution in [2.24, 2.45) is 0 Å². The molecule has 96 valence electrons. The van der Waals surface area contributed by atoms with Crippen molar-refractivity contribution in [1.29, 1.82) is 0 Å². The molecule has 1 aromatic rings. The zero-order chi connectivity index (χ0) is 13.1.